The zero-order chi connectivity index (χ0) is 6.41. The number of aliphatic hydroxyl groups excluding tert-OH is 1. The molecular formula is C5H11BrO2. The number of alkyl halides is 1. The van der Waals surface area contributed by atoms with Crippen molar-refractivity contribution in [1.29, 1.82) is 0 Å². The lowest BCUT2D eigenvalue weighted by molar-refractivity contribution is 0.0477. The summed E-state index contributed by atoms with van der Waals surface area (Å²) in [7, 11) is 1.60. The maximum Gasteiger partial charge on any atom is 0.0809 e. The van der Waals surface area contributed by atoms with Crippen LogP contribution in [0, 0.1) is 0 Å². The average molecular weight is 183 g/mol. The molecule has 50 valence electrons. The molecule has 1 atom stereocenters. The van der Waals surface area contributed by atoms with Gasteiger partial charge in [-0.15, -0.1) is 0 Å². The molecule has 3 heteroatoms. The first-order valence-electron chi connectivity index (χ1n) is 2.54. The molecule has 0 radical (unpaired) electrons. The summed E-state index contributed by atoms with van der Waals surface area (Å²) in [5.41, 5.74) is 0. The van der Waals surface area contributed by atoms with E-state index in [1.807, 2.05) is 0 Å². The first-order valence-corrected chi connectivity index (χ1v) is 3.67. The van der Waals surface area contributed by atoms with Gasteiger partial charge in [0.1, 0.15) is 0 Å². The topological polar surface area (TPSA) is 29.5 Å². The van der Waals surface area contributed by atoms with Gasteiger partial charge in [0.15, 0.2) is 0 Å². The fourth-order valence-corrected chi connectivity index (χ4v) is 0.916. The summed E-state index contributed by atoms with van der Waals surface area (Å²) in [4.78, 5) is 0. The Kier molecular flexibility index (Phi) is 5.81. The van der Waals surface area contributed by atoms with E-state index in [4.69, 9.17) is 9.84 Å². The van der Waals surface area contributed by atoms with E-state index in [2.05, 4.69) is 15.9 Å². The largest absolute Gasteiger partial charge is 0.394 e. The fourth-order valence-electron chi connectivity index (χ4n) is 0.405. The highest BCUT2D eigenvalue weighted by atomic mass is 79.9. The lowest BCUT2D eigenvalue weighted by Gasteiger charge is -2.08. The second kappa shape index (κ2) is 5.54. The van der Waals surface area contributed by atoms with Crippen molar-refractivity contribution in [2.45, 2.75) is 12.5 Å². The van der Waals surface area contributed by atoms with Crippen LogP contribution in [-0.2, 0) is 4.74 Å². The predicted octanol–water partition coefficient (Wildman–Crippen LogP) is 0.779. The van der Waals surface area contributed by atoms with E-state index >= 15 is 0 Å². The maximum absolute atomic E-state index is 8.51. The molecule has 0 aliphatic carbocycles. The van der Waals surface area contributed by atoms with Crippen LogP contribution < -0.4 is 0 Å². The Balaban J connectivity index is 3.07. The summed E-state index contributed by atoms with van der Waals surface area (Å²) in [6, 6.07) is 0. The first-order chi connectivity index (χ1) is 3.85. The van der Waals surface area contributed by atoms with Crippen LogP contribution in [0.4, 0.5) is 0 Å². The summed E-state index contributed by atoms with van der Waals surface area (Å²) in [5.74, 6) is 0. The van der Waals surface area contributed by atoms with Crippen LogP contribution in [0.1, 0.15) is 6.42 Å². The molecule has 0 heterocycles. The molecule has 1 N–H and O–H groups in total. The van der Waals surface area contributed by atoms with E-state index < -0.39 is 0 Å². The monoisotopic (exact) mass is 182 g/mol. The minimum absolute atomic E-state index is 0.00868. The molecule has 0 aliphatic rings. The molecule has 0 spiro atoms. The van der Waals surface area contributed by atoms with Gasteiger partial charge in [-0.2, -0.15) is 0 Å². The van der Waals surface area contributed by atoms with Crippen molar-refractivity contribution in [3.8, 4) is 0 Å². The lowest BCUT2D eigenvalue weighted by Crippen LogP contribution is -2.15. The Morgan fingerprint density at radius 1 is 1.75 bits per heavy atom. The summed E-state index contributed by atoms with van der Waals surface area (Å²) < 4.78 is 4.86. The molecule has 1 unspecified atom stereocenters. The van der Waals surface area contributed by atoms with Crippen molar-refractivity contribution < 1.29 is 9.84 Å². The standard InChI is InChI=1S/C5H11BrO2/c1-8-5(4-7)2-3-6/h5,7H,2-4H2,1H3. The van der Waals surface area contributed by atoms with Gasteiger partial charge in [0, 0.05) is 12.4 Å². The van der Waals surface area contributed by atoms with E-state index in [1.54, 1.807) is 7.11 Å². The molecule has 0 amide bonds. The predicted molar refractivity (Wildman–Crippen MR) is 36.3 cm³/mol. The van der Waals surface area contributed by atoms with E-state index in [-0.39, 0.29) is 12.7 Å². The molecule has 0 aromatic rings. The van der Waals surface area contributed by atoms with Gasteiger partial charge >= 0.3 is 0 Å². The van der Waals surface area contributed by atoms with Crippen LogP contribution in [0.15, 0.2) is 0 Å². The van der Waals surface area contributed by atoms with Crippen LogP contribution in [0.3, 0.4) is 0 Å². The number of methoxy groups -OCH3 is 1. The van der Waals surface area contributed by atoms with Crippen LogP contribution >= 0.6 is 15.9 Å². The number of ether oxygens (including phenoxy) is 1. The minimum Gasteiger partial charge on any atom is -0.394 e. The number of hydrogen-bond donors (Lipinski definition) is 1. The molecule has 0 aliphatic heterocycles. The quantitative estimate of drug-likeness (QED) is 0.652. The second-order valence-electron chi connectivity index (χ2n) is 1.52. The maximum atomic E-state index is 8.51. The molecule has 8 heavy (non-hydrogen) atoms. The van der Waals surface area contributed by atoms with Gasteiger partial charge in [-0.3, -0.25) is 0 Å². The Bertz CT molecular complexity index is 45.7. The van der Waals surface area contributed by atoms with Gasteiger partial charge < -0.3 is 9.84 Å². The average Bonchev–Trinajstić information content (AvgIpc) is 1.83. The lowest BCUT2D eigenvalue weighted by atomic mass is 10.3. The molecule has 0 saturated carbocycles. The van der Waals surface area contributed by atoms with Gasteiger partial charge in [-0.25, -0.2) is 0 Å². The second-order valence-corrected chi connectivity index (χ2v) is 2.31. The molecular weight excluding hydrogens is 172 g/mol. The molecule has 0 rings (SSSR count). The van der Waals surface area contributed by atoms with E-state index in [1.165, 1.54) is 0 Å². The van der Waals surface area contributed by atoms with Crippen molar-refractivity contribution in [2.24, 2.45) is 0 Å². The van der Waals surface area contributed by atoms with Crippen LogP contribution in [0.25, 0.3) is 0 Å². The van der Waals surface area contributed by atoms with E-state index in [9.17, 15) is 0 Å². The number of rotatable bonds is 4. The number of halogens is 1. The Hall–Kier alpha value is 0.400. The normalized spacial score (nSPS) is 13.9. The smallest absolute Gasteiger partial charge is 0.0809 e. The minimum atomic E-state index is 0.00868. The molecule has 0 fully saturated rings. The van der Waals surface area contributed by atoms with Crippen molar-refractivity contribution in [1.82, 2.24) is 0 Å². The molecule has 2 nitrogen and oxygen atoms in total. The highest BCUT2D eigenvalue weighted by molar-refractivity contribution is 9.09. The molecule has 0 saturated heterocycles. The van der Waals surface area contributed by atoms with Crippen LogP contribution in [-0.4, -0.2) is 30.3 Å². The third kappa shape index (κ3) is 3.41. The zero-order valence-corrected chi connectivity index (χ0v) is 6.52. The van der Waals surface area contributed by atoms with E-state index in [0.717, 1.165) is 11.8 Å². The highest BCUT2D eigenvalue weighted by Gasteiger charge is 2.01. The van der Waals surface area contributed by atoms with Gasteiger partial charge in [-0.1, -0.05) is 15.9 Å². The Morgan fingerprint density at radius 2 is 2.38 bits per heavy atom. The van der Waals surface area contributed by atoms with E-state index in [0.29, 0.717) is 0 Å². The SMILES string of the molecule is COC(CO)CCBr. The molecule has 0 aromatic carbocycles. The summed E-state index contributed by atoms with van der Waals surface area (Å²) in [6.07, 6.45) is 0.877. The van der Waals surface area contributed by atoms with Gasteiger partial charge in [0.25, 0.3) is 0 Å². The summed E-state index contributed by atoms with van der Waals surface area (Å²) >= 11 is 3.24. The van der Waals surface area contributed by atoms with Crippen molar-refractivity contribution in [2.75, 3.05) is 19.0 Å². The third-order valence-corrected chi connectivity index (χ3v) is 1.43. The van der Waals surface area contributed by atoms with Crippen molar-refractivity contribution in [3.05, 3.63) is 0 Å². The van der Waals surface area contributed by atoms with Crippen LogP contribution in [0.5, 0.6) is 0 Å². The van der Waals surface area contributed by atoms with Crippen molar-refractivity contribution >= 4 is 15.9 Å². The van der Waals surface area contributed by atoms with Gasteiger partial charge in [0.05, 0.1) is 12.7 Å². The molecule has 0 bridgehead atoms. The number of hydrogen-bond acceptors (Lipinski definition) is 2. The third-order valence-electron chi connectivity index (χ3n) is 0.968. The van der Waals surface area contributed by atoms with Crippen LogP contribution in [0.2, 0.25) is 0 Å². The Labute approximate surface area is 58.0 Å². The number of aliphatic hydroxyl groups is 1. The zero-order valence-electron chi connectivity index (χ0n) is 4.93. The van der Waals surface area contributed by atoms with Gasteiger partial charge in [0.2, 0.25) is 0 Å². The first kappa shape index (κ1) is 8.40. The Morgan fingerprint density at radius 3 is 2.50 bits per heavy atom. The summed E-state index contributed by atoms with van der Waals surface area (Å²) in [6.45, 7) is 0.113. The highest BCUT2D eigenvalue weighted by Crippen LogP contribution is 1.97. The molecule has 0 aromatic heterocycles. The van der Waals surface area contributed by atoms with Crippen molar-refractivity contribution in [3.63, 3.8) is 0 Å². The fraction of sp³-hybridized carbons (Fsp3) is 1.00. The summed E-state index contributed by atoms with van der Waals surface area (Å²) in [5, 5.41) is 9.39. The van der Waals surface area contributed by atoms with Gasteiger partial charge in [-0.05, 0) is 6.42 Å².